The first-order valence-electron chi connectivity index (χ1n) is 6.10. The Bertz CT molecular complexity index is 353. The molecule has 4 heteroatoms. The SMILES string of the molecule is NCC(NCC1CCCO1)c1cccc(F)c1. The molecule has 1 saturated heterocycles. The number of hydrogen-bond donors (Lipinski definition) is 2. The molecule has 1 aromatic rings. The van der Waals surface area contributed by atoms with E-state index >= 15 is 0 Å². The van der Waals surface area contributed by atoms with Gasteiger partial charge in [-0.15, -0.1) is 0 Å². The lowest BCUT2D eigenvalue weighted by atomic mass is 10.1. The van der Waals surface area contributed by atoms with Crippen molar-refractivity contribution in [1.29, 1.82) is 0 Å². The summed E-state index contributed by atoms with van der Waals surface area (Å²) in [5.41, 5.74) is 6.61. The van der Waals surface area contributed by atoms with E-state index in [1.165, 1.54) is 12.1 Å². The Morgan fingerprint density at radius 3 is 3.06 bits per heavy atom. The minimum Gasteiger partial charge on any atom is -0.377 e. The van der Waals surface area contributed by atoms with E-state index in [2.05, 4.69) is 5.32 Å². The second kappa shape index (κ2) is 6.10. The third-order valence-corrected chi connectivity index (χ3v) is 3.10. The fourth-order valence-corrected chi connectivity index (χ4v) is 2.14. The van der Waals surface area contributed by atoms with E-state index in [0.29, 0.717) is 6.54 Å². The van der Waals surface area contributed by atoms with Crippen molar-refractivity contribution in [2.24, 2.45) is 5.73 Å². The Balaban J connectivity index is 1.91. The molecule has 17 heavy (non-hydrogen) atoms. The van der Waals surface area contributed by atoms with Gasteiger partial charge in [-0.2, -0.15) is 0 Å². The Morgan fingerprint density at radius 1 is 1.53 bits per heavy atom. The highest BCUT2D eigenvalue weighted by Crippen LogP contribution is 2.15. The minimum absolute atomic E-state index is 0.00472. The lowest BCUT2D eigenvalue weighted by Gasteiger charge is -2.19. The number of hydrogen-bond acceptors (Lipinski definition) is 3. The van der Waals surface area contributed by atoms with E-state index in [0.717, 1.165) is 31.6 Å². The van der Waals surface area contributed by atoms with Gasteiger partial charge >= 0.3 is 0 Å². The van der Waals surface area contributed by atoms with Gasteiger partial charge in [0.25, 0.3) is 0 Å². The molecule has 3 N–H and O–H groups in total. The molecule has 1 aliphatic heterocycles. The van der Waals surface area contributed by atoms with Crippen molar-refractivity contribution in [3.05, 3.63) is 35.6 Å². The number of ether oxygens (including phenoxy) is 1. The fraction of sp³-hybridized carbons (Fsp3) is 0.538. The van der Waals surface area contributed by atoms with Gasteiger partial charge in [-0.3, -0.25) is 0 Å². The second-order valence-corrected chi connectivity index (χ2v) is 4.39. The van der Waals surface area contributed by atoms with Gasteiger partial charge in [-0.1, -0.05) is 12.1 Å². The Hall–Kier alpha value is -0.970. The standard InChI is InChI=1S/C13H19FN2O/c14-11-4-1-3-10(7-11)13(8-15)16-9-12-5-2-6-17-12/h1,3-4,7,12-13,16H,2,5-6,8-9,15H2. The van der Waals surface area contributed by atoms with Crippen LogP contribution in [0.3, 0.4) is 0 Å². The Kier molecular flexibility index (Phi) is 4.48. The van der Waals surface area contributed by atoms with Crippen LogP contribution in [-0.2, 0) is 4.74 Å². The van der Waals surface area contributed by atoms with Gasteiger partial charge in [0.2, 0.25) is 0 Å². The molecule has 1 fully saturated rings. The second-order valence-electron chi connectivity index (χ2n) is 4.39. The predicted molar refractivity (Wildman–Crippen MR) is 65.2 cm³/mol. The minimum atomic E-state index is -0.222. The zero-order valence-corrected chi connectivity index (χ0v) is 9.86. The van der Waals surface area contributed by atoms with Crippen molar-refractivity contribution >= 4 is 0 Å². The van der Waals surface area contributed by atoms with Crippen molar-refractivity contribution in [2.75, 3.05) is 19.7 Å². The molecule has 2 unspecified atom stereocenters. The van der Waals surface area contributed by atoms with Crippen LogP contribution >= 0.6 is 0 Å². The maximum Gasteiger partial charge on any atom is 0.123 e. The summed E-state index contributed by atoms with van der Waals surface area (Å²) in [6, 6.07) is 6.57. The summed E-state index contributed by atoms with van der Waals surface area (Å²) in [5.74, 6) is -0.222. The Morgan fingerprint density at radius 2 is 2.41 bits per heavy atom. The normalized spacial score (nSPS) is 21.6. The first kappa shape index (κ1) is 12.5. The molecule has 0 saturated carbocycles. The topological polar surface area (TPSA) is 47.3 Å². The molecule has 1 aromatic carbocycles. The van der Waals surface area contributed by atoms with Crippen molar-refractivity contribution < 1.29 is 9.13 Å². The number of nitrogens with two attached hydrogens (primary N) is 1. The van der Waals surface area contributed by atoms with E-state index in [4.69, 9.17) is 10.5 Å². The molecule has 0 aliphatic carbocycles. The summed E-state index contributed by atoms with van der Waals surface area (Å²) in [7, 11) is 0. The van der Waals surface area contributed by atoms with Gasteiger partial charge in [-0.05, 0) is 30.5 Å². The van der Waals surface area contributed by atoms with E-state index < -0.39 is 0 Å². The lowest BCUT2D eigenvalue weighted by Crippen LogP contribution is -2.34. The molecule has 1 aliphatic rings. The first-order valence-corrected chi connectivity index (χ1v) is 6.10. The summed E-state index contributed by atoms with van der Waals surface area (Å²) < 4.78 is 18.6. The maximum absolute atomic E-state index is 13.1. The highest BCUT2D eigenvalue weighted by atomic mass is 19.1. The number of nitrogens with one attached hydrogen (secondary N) is 1. The third-order valence-electron chi connectivity index (χ3n) is 3.10. The van der Waals surface area contributed by atoms with Gasteiger partial charge < -0.3 is 15.8 Å². The van der Waals surface area contributed by atoms with Crippen LogP contribution in [0, 0.1) is 5.82 Å². The van der Waals surface area contributed by atoms with Crippen LogP contribution in [0.2, 0.25) is 0 Å². The summed E-state index contributed by atoms with van der Waals surface area (Å²) in [4.78, 5) is 0. The molecule has 94 valence electrons. The summed E-state index contributed by atoms with van der Waals surface area (Å²) in [6.45, 7) is 2.08. The van der Waals surface area contributed by atoms with Crippen LogP contribution in [0.25, 0.3) is 0 Å². The van der Waals surface area contributed by atoms with Crippen molar-refractivity contribution in [2.45, 2.75) is 25.0 Å². The summed E-state index contributed by atoms with van der Waals surface area (Å²) >= 11 is 0. The zero-order valence-electron chi connectivity index (χ0n) is 9.86. The molecule has 1 heterocycles. The highest BCUT2D eigenvalue weighted by molar-refractivity contribution is 5.20. The first-order chi connectivity index (χ1) is 8.29. The maximum atomic E-state index is 13.1. The van der Waals surface area contributed by atoms with Gasteiger partial charge in [-0.25, -0.2) is 4.39 Å². The number of benzene rings is 1. The molecule has 3 nitrogen and oxygen atoms in total. The monoisotopic (exact) mass is 238 g/mol. The van der Waals surface area contributed by atoms with E-state index in [-0.39, 0.29) is 18.0 Å². The molecule has 0 amide bonds. The number of rotatable bonds is 5. The third kappa shape index (κ3) is 3.49. The van der Waals surface area contributed by atoms with E-state index in [9.17, 15) is 4.39 Å². The van der Waals surface area contributed by atoms with Gasteiger partial charge in [0.15, 0.2) is 0 Å². The van der Waals surface area contributed by atoms with Crippen molar-refractivity contribution in [3.63, 3.8) is 0 Å². The van der Waals surface area contributed by atoms with Crippen molar-refractivity contribution in [1.82, 2.24) is 5.32 Å². The summed E-state index contributed by atoms with van der Waals surface area (Å²) in [6.07, 6.45) is 2.49. The highest BCUT2D eigenvalue weighted by Gasteiger charge is 2.17. The molecular formula is C13H19FN2O. The van der Waals surface area contributed by atoms with Crippen LogP contribution in [0.1, 0.15) is 24.4 Å². The molecule has 2 atom stereocenters. The number of halogens is 1. The molecule has 2 rings (SSSR count). The predicted octanol–water partition coefficient (Wildman–Crippen LogP) is 1.59. The molecule has 0 spiro atoms. The summed E-state index contributed by atoms with van der Waals surface area (Å²) in [5, 5.41) is 3.34. The molecule has 0 bridgehead atoms. The quantitative estimate of drug-likeness (QED) is 0.819. The van der Waals surface area contributed by atoms with Crippen LogP contribution in [0.4, 0.5) is 4.39 Å². The van der Waals surface area contributed by atoms with Gasteiger partial charge in [0, 0.05) is 25.7 Å². The van der Waals surface area contributed by atoms with Gasteiger partial charge in [0.1, 0.15) is 5.82 Å². The average Bonchev–Trinajstić information content (AvgIpc) is 2.83. The average molecular weight is 238 g/mol. The van der Waals surface area contributed by atoms with Gasteiger partial charge in [0.05, 0.1) is 6.10 Å². The van der Waals surface area contributed by atoms with Crippen LogP contribution < -0.4 is 11.1 Å². The fourth-order valence-electron chi connectivity index (χ4n) is 2.14. The van der Waals surface area contributed by atoms with E-state index in [1.54, 1.807) is 6.07 Å². The van der Waals surface area contributed by atoms with Crippen LogP contribution in [0.15, 0.2) is 24.3 Å². The Labute approximate surface area is 101 Å². The zero-order chi connectivity index (χ0) is 12.1. The van der Waals surface area contributed by atoms with Crippen molar-refractivity contribution in [3.8, 4) is 0 Å². The largest absolute Gasteiger partial charge is 0.377 e. The smallest absolute Gasteiger partial charge is 0.123 e. The van der Waals surface area contributed by atoms with E-state index in [1.807, 2.05) is 6.07 Å². The molecule has 0 radical (unpaired) electrons. The molecular weight excluding hydrogens is 219 g/mol. The lowest BCUT2D eigenvalue weighted by molar-refractivity contribution is 0.107. The van der Waals surface area contributed by atoms with Crippen LogP contribution in [-0.4, -0.2) is 25.8 Å². The molecule has 0 aromatic heterocycles. The van der Waals surface area contributed by atoms with Crippen LogP contribution in [0.5, 0.6) is 0 Å².